The number of benzene rings is 1. The first-order valence-electron chi connectivity index (χ1n) is 10.5. The van der Waals surface area contributed by atoms with Crippen LogP contribution in [0.5, 0.6) is 0 Å². The zero-order valence-electron chi connectivity index (χ0n) is 17.0. The summed E-state index contributed by atoms with van der Waals surface area (Å²) in [5, 5.41) is 26.8. The molecule has 160 valence electrons. The second-order valence-electron chi connectivity index (χ2n) is 9.23. The lowest BCUT2D eigenvalue weighted by Crippen LogP contribution is -2.28. The summed E-state index contributed by atoms with van der Waals surface area (Å²) < 4.78 is 0. The molecular weight excluding hydrogens is 388 g/mol. The molecule has 1 unspecified atom stereocenters. The van der Waals surface area contributed by atoms with Crippen molar-refractivity contribution in [1.82, 2.24) is 0 Å². The molecule has 1 aromatic carbocycles. The molecule has 3 fully saturated rings. The summed E-state index contributed by atoms with van der Waals surface area (Å²) in [7, 11) is 0. The minimum absolute atomic E-state index is 0.121. The van der Waals surface area contributed by atoms with Crippen LogP contribution in [0, 0.1) is 43.4 Å². The van der Waals surface area contributed by atoms with Crippen LogP contribution in [0.15, 0.2) is 23.3 Å². The SMILES string of the molecule is CC(CC(=O)C1CC1)(CC(=NNc1ccc([N+](=O)[O-])cc1[N+](=O)[O-])C1CC1)C1CC1. The predicted molar refractivity (Wildman–Crippen MR) is 111 cm³/mol. The quantitative estimate of drug-likeness (QED) is 0.313. The highest BCUT2D eigenvalue weighted by Gasteiger charge is 2.47. The minimum Gasteiger partial charge on any atom is -0.299 e. The molecule has 0 radical (unpaired) electrons. The van der Waals surface area contributed by atoms with Crippen LogP contribution in [0.2, 0.25) is 0 Å². The van der Waals surface area contributed by atoms with Crippen LogP contribution in [0.25, 0.3) is 0 Å². The zero-order valence-corrected chi connectivity index (χ0v) is 17.0. The number of hydrazone groups is 1. The van der Waals surface area contributed by atoms with Crippen molar-refractivity contribution in [3.8, 4) is 0 Å². The number of non-ortho nitro benzene ring substituents is 1. The Bertz CT molecular complexity index is 918. The summed E-state index contributed by atoms with van der Waals surface area (Å²) in [4.78, 5) is 33.5. The van der Waals surface area contributed by atoms with E-state index in [0.29, 0.717) is 30.5 Å². The second-order valence-corrected chi connectivity index (χ2v) is 9.23. The summed E-state index contributed by atoms with van der Waals surface area (Å²) in [6, 6.07) is 3.49. The van der Waals surface area contributed by atoms with Gasteiger partial charge in [-0.05, 0) is 68.3 Å². The Morgan fingerprint density at radius 3 is 2.27 bits per heavy atom. The van der Waals surface area contributed by atoms with E-state index in [9.17, 15) is 25.0 Å². The van der Waals surface area contributed by atoms with Crippen molar-refractivity contribution in [2.75, 3.05) is 5.43 Å². The lowest BCUT2D eigenvalue weighted by atomic mass is 9.74. The summed E-state index contributed by atoms with van der Waals surface area (Å²) in [6.07, 6.45) is 7.62. The Labute approximate surface area is 174 Å². The van der Waals surface area contributed by atoms with Gasteiger partial charge in [0.15, 0.2) is 0 Å². The molecule has 1 aromatic rings. The molecule has 30 heavy (non-hydrogen) atoms. The van der Waals surface area contributed by atoms with Crippen molar-refractivity contribution in [3.05, 3.63) is 38.4 Å². The first kappa shape index (κ1) is 20.4. The Morgan fingerprint density at radius 2 is 1.73 bits per heavy atom. The number of anilines is 1. The predicted octanol–water partition coefficient (Wildman–Crippen LogP) is 4.86. The lowest BCUT2D eigenvalue weighted by molar-refractivity contribution is -0.393. The average molecular weight is 414 g/mol. The van der Waals surface area contributed by atoms with Gasteiger partial charge in [0.05, 0.1) is 15.9 Å². The molecule has 9 heteroatoms. The maximum absolute atomic E-state index is 12.5. The van der Waals surface area contributed by atoms with Crippen molar-refractivity contribution in [1.29, 1.82) is 0 Å². The molecule has 0 aliphatic heterocycles. The number of nitrogens with zero attached hydrogens (tertiary/aromatic N) is 3. The van der Waals surface area contributed by atoms with Gasteiger partial charge in [0, 0.05) is 24.1 Å². The zero-order chi connectivity index (χ0) is 21.5. The van der Waals surface area contributed by atoms with Crippen LogP contribution in [0.4, 0.5) is 17.1 Å². The molecule has 3 saturated carbocycles. The van der Waals surface area contributed by atoms with Crippen molar-refractivity contribution in [3.63, 3.8) is 0 Å². The summed E-state index contributed by atoms with van der Waals surface area (Å²) in [5.74, 6) is 1.46. The van der Waals surface area contributed by atoms with Gasteiger partial charge < -0.3 is 0 Å². The third-order valence-electron chi connectivity index (χ3n) is 6.52. The molecule has 3 aliphatic rings. The van der Waals surface area contributed by atoms with Crippen LogP contribution in [-0.2, 0) is 4.79 Å². The van der Waals surface area contributed by atoms with Gasteiger partial charge in [0.25, 0.3) is 5.69 Å². The van der Waals surface area contributed by atoms with E-state index in [1.807, 2.05) is 0 Å². The van der Waals surface area contributed by atoms with E-state index in [2.05, 4.69) is 17.5 Å². The highest BCUT2D eigenvalue weighted by molar-refractivity contribution is 5.91. The van der Waals surface area contributed by atoms with E-state index in [4.69, 9.17) is 0 Å². The third kappa shape index (κ3) is 4.66. The largest absolute Gasteiger partial charge is 0.301 e. The monoisotopic (exact) mass is 414 g/mol. The number of nitro groups is 2. The number of nitro benzene ring substituents is 2. The summed E-state index contributed by atoms with van der Waals surface area (Å²) in [6.45, 7) is 2.18. The number of hydrogen-bond donors (Lipinski definition) is 1. The van der Waals surface area contributed by atoms with Crippen LogP contribution >= 0.6 is 0 Å². The Morgan fingerprint density at radius 1 is 1.07 bits per heavy atom. The molecule has 0 spiro atoms. The average Bonchev–Trinajstić information content (AvgIpc) is 3.57. The van der Waals surface area contributed by atoms with Crippen LogP contribution in [0.3, 0.4) is 0 Å². The number of rotatable bonds is 11. The fourth-order valence-electron chi connectivity index (χ4n) is 4.20. The maximum atomic E-state index is 12.5. The molecule has 0 bridgehead atoms. The third-order valence-corrected chi connectivity index (χ3v) is 6.52. The smallest absolute Gasteiger partial charge is 0.299 e. The molecule has 0 amide bonds. The standard InChI is InChI=1S/C21H26N4O5/c1-21(15-6-7-15,12-20(26)14-4-5-14)11-18(13-2-3-13)23-22-17-9-8-16(24(27)28)10-19(17)25(29)30/h8-10,13-15,22H,2-7,11-12H2,1H3. The van der Waals surface area contributed by atoms with E-state index < -0.39 is 9.85 Å². The number of carbonyl (C=O) groups excluding carboxylic acids is 1. The van der Waals surface area contributed by atoms with Crippen molar-refractivity contribution in [2.24, 2.45) is 28.3 Å². The summed E-state index contributed by atoms with van der Waals surface area (Å²) in [5.41, 5.74) is 3.03. The van der Waals surface area contributed by atoms with Gasteiger partial charge in [-0.1, -0.05) is 6.92 Å². The normalized spacial score (nSPS) is 21.0. The van der Waals surface area contributed by atoms with Gasteiger partial charge in [-0.2, -0.15) is 5.10 Å². The molecule has 0 heterocycles. The van der Waals surface area contributed by atoms with Crippen molar-refractivity contribution < 1.29 is 14.6 Å². The molecule has 0 aromatic heterocycles. The minimum atomic E-state index is -0.659. The number of hydrogen-bond acceptors (Lipinski definition) is 7. The van der Waals surface area contributed by atoms with Crippen molar-refractivity contribution in [2.45, 2.75) is 58.3 Å². The van der Waals surface area contributed by atoms with Crippen LogP contribution < -0.4 is 5.43 Å². The highest BCUT2D eigenvalue weighted by atomic mass is 16.6. The van der Waals surface area contributed by atoms with Gasteiger partial charge in [-0.15, -0.1) is 0 Å². The van der Waals surface area contributed by atoms with Gasteiger partial charge in [-0.25, -0.2) is 0 Å². The lowest BCUT2D eigenvalue weighted by Gasteiger charge is -2.30. The fourth-order valence-corrected chi connectivity index (χ4v) is 4.20. The maximum Gasteiger partial charge on any atom is 0.301 e. The first-order chi connectivity index (χ1) is 14.3. The molecule has 1 N–H and O–H groups in total. The van der Waals surface area contributed by atoms with Gasteiger partial charge in [0.1, 0.15) is 11.5 Å². The van der Waals surface area contributed by atoms with E-state index in [-0.39, 0.29) is 28.4 Å². The van der Waals surface area contributed by atoms with Crippen LogP contribution in [0.1, 0.15) is 58.3 Å². The Balaban J connectivity index is 1.53. The second kappa shape index (κ2) is 7.77. The van der Waals surface area contributed by atoms with Crippen LogP contribution in [-0.4, -0.2) is 21.3 Å². The van der Waals surface area contributed by atoms with Gasteiger partial charge in [0.2, 0.25) is 0 Å². The molecule has 0 saturated heterocycles. The number of Topliss-reactive ketones (excluding diaryl/α,β-unsaturated/α-hetero) is 1. The van der Waals surface area contributed by atoms with Gasteiger partial charge >= 0.3 is 5.69 Å². The first-order valence-corrected chi connectivity index (χ1v) is 10.5. The topological polar surface area (TPSA) is 128 Å². The van der Waals surface area contributed by atoms with E-state index in [1.54, 1.807) is 0 Å². The van der Waals surface area contributed by atoms with Gasteiger partial charge in [-0.3, -0.25) is 30.4 Å². The Hall–Kier alpha value is -2.84. The molecule has 1 atom stereocenters. The molecular formula is C21H26N4O5. The highest BCUT2D eigenvalue weighted by Crippen LogP contribution is 2.52. The van der Waals surface area contributed by atoms with E-state index >= 15 is 0 Å². The molecule has 4 rings (SSSR count). The van der Waals surface area contributed by atoms with E-state index in [1.165, 1.54) is 12.1 Å². The van der Waals surface area contributed by atoms with Crippen molar-refractivity contribution >= 4 is 28.6 Å². The number of carbonyl (C=O) groups is 1. The molecule has 3 aliphatic carbocycles. The number of ketones is 1. The summed E-state index contributed by atoms with van der Waals surface area (Å²) >= 11 is 0. The van der Waals surface area contributed by atoms with E-state index in [0.717, 1.165) is 50.3 Å². The number of nitrogens with one attached hydrogen (secondary N) is 1. The molecule has 9 nitrogen and oxygen atoms in total. The fraction of sp³-hybridized carbons (Fsp3) is 0.619. The Kier molecular flexibility index (Phi) is 5.29.